The van der Waals surface area contributed by atoms with Gasteiger partial charge in [0.25, 0.3) is 0 Å². The Morgan fingerprint density at radius 3 is 1.50 bits per heavy atom. The van der Waals surface area contributed by atoms with E-state index >= 15 is 0 Å². The zero-order valence-corrected chi connectivity index (χ0v) is 40.7. The van der Waals surface area contributed by atoms with E-state index in [1.165, 1.54) is 107 Å². The average Bonchev–Trinajstić information content (AvgIpc) is 3.23. The van der Waals surface area contributed by atoms with Gasteiger partial charge in [-0.25, -0.2) is 4.39 Å². The Hall–Kier alpha value is -2.43. The molecule has 4 fully saturated rings. The normalized spacial score (nSPS) is 19.1. The molecule has 4 saturated heterocycles. The topological polar surface area (TPSA) is 28.7 Å². The number of hydrogen-bond acceptors (Lipinski definition) is 7. The molecule has 336 valence electrons. The number of halogens is 1. The molecule has 8 nitrogen and oxygen atoms in total. The van der Waals surface area contributed by atoms with Crippen molar-refractivity contribution in [1.29, 1.82) is 0 Å². The van der Waals surface area contributed by atoms with Crippen LogP contribution in [0.15, 0.2) is 36.4 Å². The monoisotopic (exact) mass is 815 g/mol. The summed E-state index contributed by atoms with van der Waals surface area (Å²) in [6.45, 7) is 35.6. The van der Waals surface area contributed by atoms with E-state index in [-0.39, 0.29) is 5.82 Å². The molecule has 0 aromatic heterocycles. The Morgan fingerprint density at radius 2 is 1.09 bits per heavy atom. The van der Waals surface area contributed by atoms with E-state index in [1.807, 2.05) is 60.6 Å². The highest BCUT2D eigenvalue weighted by molar-refractivity contribution is 5.60. The van der Waals surface area contributed by atoms with Crippen molar-refractivity contribution in [2.45, 2.75) is 94.4 Å². The molecule has 0 amide bonds. The lowest BCUT2D eigenvalue weighted by Crippen LogP contribution is -2.51. The molecule has 0 unspecified atom stereocenters. The Balaban J connectivity index is 0.000000459. The van der Waals surface area contributed by atoms with Gasteiger partial charge in [0, 0.05) is 78.3 Å². The van der Waals surface area contributed by atoms with Crippen LogP contribution in [0.5, 0.6) is 5.75 Å². The molecular weight excluding hydrogens is 722 g/mol. The van der Waals surface area contributed by atoms with E-state index in [1.54, 1.807) is 13.2 Å². The van der Waals surface area contributed by atoms with E-state index in [0.29, 0.717) is 0 Å². The lowest BCUT2D eigenvalue weighted by molar-refractivity contribution is -0.896. The van der Waals surface area contributed by atoms with Crippen LogP contribution in [-0.2, 0) is 0 Å². The highest BCUT2D eigenvalue weighted by atomic mass is 19.1. The van der Waals surface area contributed by atoms with Crippen LogP contribution in [0, 0.1) is 31.5 Å². The summed E-state index contributed by atoms with van der Waals surface area (Å²) in [5.41, 5.74) is 4.26. The number of rotatable bonds is 9. The molecule has 0 bridgehead atoms. The number of anilines is 2. The predicted molar refractivity (Wildman–Crippen MR) is 254 cm³/mol. The zero-order chi connectivity index (χ0) is 43.7. The van der Waals surface area contributed by atoms with Crippen LogP contribution in [-0.4, -0.2) is 165 Å². The standard InChI is InChI=1S/C20H34N3O.C18H28FN3.C5H13N.3C2H6/c1-17-5-6-19(20(15-17)24-4)22-11-9-21(10-12-22)16-18-7-13-23(2,3)14-8-18;1-15-3-4-18(17(19)13-15)22-11-9-21(10-12-22)14-16-5-7-20(2)8-6-16;1-4-5-6(2)3;3*1-2/h5-6,15,18H,7-14,16H2,1-4H3;3-4,13,16H,5-12,14H2,1-2H3;4-5H2,1-3H3;3*1-2H3/q+1;;;;;. The second-order valence-corrected chi connectivity index (χ2v) is 17.1. The fourth-order valence-corrected chi connectivity index (χ4v) is 8.18. The van der Waals surface area contributed by atoms with E-state index in [9.17, 15) is 4.39 Å². The van der Waals surface area contributed by atoms with E-state index in [2.05, 4.69) is 96.7 Å². The van der Waals surface area contributed by atoms with E-state index < -0.39 is 0 Å². The molecular formula is C49H93FN7O+. The SMILES string of the molecule is CC.CC.CC.CCCN(C)C.COc1cc(C)ccc1N1CCN(CC2CC[N+](C)(C)CC2)CC1.Cc1ccc(N2CCN(CC3CCN(C)CC3)CC2)c(F)c1. The molecule has 0 atom stereocenters. The largest absolute Gasteiger partial charge is 0.495 e. The third-order valence-electron chi connectivity index (χ3n) is 11.7. The van der Waals surface area contributed by atoms with Crippen LogP contribution in [0.4, 0.5) is 15.8 Å². The van der Waals surface area contributed by atoms with Crippen LogP contribution >= 0.6 is 0 Å². The number of nitrogens with zero attached hydrogens (tertiary/aromatic N) is 7. The van der Waals surface area contributed by atoms with Gasteiger partial charge in [-0.2, -0.15) is 0 Å². The first-order chi connectivity index (χ1) is 27.8. The van der Waals surface area contributed by atoms with Crippen molar-refractivity contribution in [2.24, 2.45) is 11.8 Å². The Bertz CT molecular complexity index is 1310. The minimum absolute atomic E-state index is 0.0798. The number of piperidine rings is 2. The van der Waals surface area contributed by atoms with Gasteiger partial charge < -0.3 is 28.8 Å². The number of piperazine rings is 2. The predicted octanol–water partition coefficient (Wildman–Crippen LogP) is 9.25. The van der Waals surface area contributed by atoms with Crippen molar-refractivity contribution < 1.29 is 13.6 Å². The number of hydrogen-bond donors (Lipinski definition) is 0. The first-order valence-corrected chi connectivity index (χ1v) is 23.4. The van der Waals surface area contributed by atoms with E-state index in [0.717, 1.165) is 68.1 Å². The number of benzene rings is 2. The van der Waals surface area contributed by atoms with Gasteiger partial charge in [-0.15, -0.1) is 0 Å². The van der Waals surface area contributed by atoms with Crippen LogP contribution in [0.1, 0.15) is 91.7 Å². The summed E-state index contributed by atoms with van der Waals surface area (Å²) in [6.07, 6.45) is 6.68. The van der Waals surface area contributed by atoms with Gasteiger partial charge >= 0.3 is 0 Å². The highest BCUT2D eigenvalue weighted by Crippen LogP contribution is 2.31. The minimum Gasteiger partial charge on any atom is -0.495 e. The van der Waals surface area contributed by atoms with Gasteiger partial charge in [-0.05, 0) is 121 Å². The van der Waals surface area contributed by atoms with Gasteiger partial charge in [-0.1, -0.05) is 60.6 Å². The van der Waals surface area contributed by atoms with Crippen LogP contribution in [0.25, 0.3) is 0 Å². The summed E-state index contributed by atoms with van der Waals surface area (Å²) in [5, 5.41) is 0. The number of methoxy groups -OCH3 is 1. The van der Waals surface area contributed by atoms with Crippen molar-refractivity contribution in [1.82, 2.24) is 19.6 Å². The minimum atomic E-state index is -0.0798. The lowest BCUT2D eigenvalue weighted by Gasteiger charge is -2.41. The molecule has 4 heterocycles. The molecule has 0 radical (unpaired) electrons. The molecule has 58 heavy (non-hydrogen) atoms. The maximum Gasteiger partial charge on any atom is 0.146 e. The molecule has 0 spiro atoms. The second kappa shape index (κ2) is 29.7. The first-order valence-electron chi connectivity index (χ1n) is 23.4. The van der Waals surface area contributed by atoms with Crippen LogP contribution in [0.2, 0.25) is 0 Å². The number of ether oxygens (including phenoxy) is 1. The maximum absolute atomic E-state index is 14.1. The molecule has 0 aliphatic carbocycles. The molecule has 0 N–H and O–H groups in total. The Kier molecular flexibility index (Phi) is 27.5. The summed E-state index contributed by atoms with van der Waals surface area (Å²) >= 11 is 0. The quantitative estimate of drug-likeness (QED) is 0.233. The molecule has 4 aliphatic rings. The fourth-order valence-electron chi connectivity index (χ4n) is 8.18. The molecule has 6 rings (SSSR count). The summed E-state index contributed by atoms with van der Waals surface area (Å²) in [5.74, 6) is 2.68. The summed E-state index contributed by atoms with van der Waals surface area (Å²) in [4.78, 5) is 14.5. The number of quaternary nitrogens is 1. The Morgan fingerprint density at radius 1 is 0.655 bits per heavy atom. The molecule has 9 heteroatoms. The van der Waals surface area contributed by atoms with Gasteiger partial charge in [-0.3, -0.25) is 9.80 Å². The van der Waals surface area contributed by atoms with Crippen molar-refractivity contribution >= 4 is 11.4 Å². The van der Waals surface area contributed by atoms with E-state index in [4.69, 9.17) is 4.74 Å². The third kappa shape index (κ3) is 19.8. The van der Waals surface area contributed by atoms with Crippen molar-refractivity contribution in [3.05, 3.63) is 53.3 Å². The maximum atomic E-state index is 14.1. The molecule has 4 aliphatic heterocycles. The third-order valence-corrected chi connectivity index (χ3v) is 11.7. The fraction of sp³-hybridized carbons (Fsp3) is 0.755. The average molecular weight is 815 g/mol. The van der Waals surface area contributed by atoms with Gasteiger partial charge in [0.05, 0.1) is 45.7 Å². The summed E-state index contributed by atoms with van der Waals surface area (Å²) in [7, 11) is 12.9. The van der Waals surface area contributed by atoms with Gasteiger partial charge in [0.1, 0.15) is 11.6 Å². The smallest absolute Gasteiger partial charge is 0.146 e. The highest BCUT2D eigenvalue weighted by Gasteiger charge is 2.29. The zero-order valence-electron chi connectivity index (χ0n) is 40.7. The summed E-state index contributed by atoms with van der Waals surface area (Å²) in [6, 6.07) is 12.1. The molecule has 2 aromatic rings. The summed E-state index contributed by atoms with van der Waals surface area (Å²) < 4.78 is 20.9. The van der Waals surface area contributed by atoms with Crippen molar-refractivity contribution in [2.75, 3.05) is 150 Å². The van der Waals surface area contributed by atoms with Crippen molar-refractivity contribution in [3.8, 4) is 5.75 Å². The van der Waals surface area contributed by atoms with Crippen molar-refractivity contribution in [3.63, 3.8) is 0 Å². The van der Waals surface area contributed by atoms with Gasteiger partial charge in [0.2, 0.25) is 0 Å². The van der Waals surface area contributed by atoms with Crippen LogP contribution < -0.4 is 14.5 Å². The molecule has 2 aromatic carbocycles. The number of likely N-dealkylation sites (tertiary alicyclic amines) is 2. The first kappa shape index (κ1) is 53.6. The van der Waals surface area contributed by atoms with Crippen LogP contribution in [0.3, 0.4) is 0 Å². The lowest BCUT2D eigenvalue weighted by atomic mass is 9.95. The van der Waals surface area contributed by atoms with Gasteiger partial charge in [0.15, 0.2) is 0 Å². The number of aryl methyl sites for hydroxylation is 2. The Labute approximate surface area is 359 Å². The second-order valence-electron chi connectivity index (χ2n) is 17.1. The molecule has 0 saturated carbocycles.